The van der Waals surface area contributed by atoms with Gasteiger partial charge in [-0.3, -0.25) is 4.79 Å². The number of nitrogens with one attached hydrogen (secondary N) is 1. The number of nitrogens with zero attached hydrogens (tertiary/aromatic N) is 1. The molecule has 0 bridgehead atoms. The van der Waals surface area contributed by atoms with E-state index in [2.05, 4.69) is 10.2 Å². The average Bonchev–Trinajstić information content (AvgIpc) is 3.24. The summed E-state index contributed by atoms with van der Waals surface area (Å²) in [6.45, 7) is 3.60. The van der Waals surface area contributed by atoms with Crippen LogP contribution in [0.5, 0.6) is 0 Å². The number of hydrogen-bond donors (Lipinski definition) is 1. The number of carbonyl (C=O) groups is 1. The molecular weight excluding hydrogens is 305 g/mol. The van der Waals surface area contributed by atoms with Crippen LogP contribution in [0.3, 0.4) is 0 Å². The fourth-order valence-electron chi connectivity index (χ4n) is 3.14. The SMILES string of the molecule is CC1CC1C(=O)Nc1cc(C(F)(F)F)ccc1N1CCCCC1. The fraction of sp³-hybridized carbons (Fsp3) is 0.588. The third kappa shape index (κ3) is 3.62. The highest BCUT2D eigenvalue weighted by atomic mass is 19.4. The number of anilines is 2. The van der Waals surface area contributed by atoms with Crippen LogP contribution in [-0.4, -0.2) is 19.0 Å². The van der Waals surface area contributed by atoms with Gasteiger partial charge in [0.05, 0.1) is 16.9 Å². The smallest absolute Gasteiger partial charge is 0.370 e. The first-order chi connectivity index (χ1) is 10.9. The van der Waals surface area contributed by atoms with Gasteiger partial charge in [0.25, 0.3) is 0 Å². The molecule has 2 aliphatic rings. The third-order valence-corrected chi connectivity index (χ3v) is 4.72. The normalized spacial score (nSPS) is 24.4. The molecule has 1 saturated carbocycles. The van der Waals surface area contributed by atoms with Gasteiger partial charge in [-0.25, -0.2) is 0 Å². The van der Waals surface area contributed by atoms with E-state index in [1.54, 1.807) is 0 Å². The number of carbonyl (C=O) groups excluding carboxylic acids is 1. The van der Waals surface area contributed by atoms with Gasteiger partial charge < -0.3 is 10.2 Å². The van der Waals surface area contributed by atoms with Crippen molar-refractivity contribution in [3.05, 3.63) is 23.8 Å². The summed E-state index contributed by atoms with van der Waals surface area (Å²) in [6.07, 6.45) is -0.419. The summed E-state index contributed by atoms with van der Waals surface area (Å²) in [4.78, 5) is 14.2. The molecule has 1 heterocycles. The quantitative estimate of drug-likeness (QED) is 0.898. The Morgan fingerprint density at radius 3 is 2.43 bits per heavy atom. The molecule has 1 aliphatic heterocycles. The average molecular weight is 326 g/mol. The van der Waals surface area contributed by atoms with E-state index in [-0.39, 0.29) is 17.5 Å². The van der Waals surface area contributed by atoms with Gasteiger partial charge in [0, 0.05) is 19.0 Å². The summed E-state index contributed by atoms with van der Waals surface area (Å²) in [6, 6.07) is 3.65. The van der Waals surface area contributed by atoms with Gasteiger partial charge in [0.2, 0.25) is 5.91 Å². The largest absolute Gasteiger partial charge is 0.416 e. The van der Waals surface area contributed by atoms with Crippen LogP contribution in [0, 0.1) is 11.8 Å². The predicted molar refractivity (Wildman–Crippen MR) is 83.4 cm³/mol. The van der Waals surface area contributed by atoms with E-state index in [9.17, 15) is 18.0 Å². The number of alkyl halides is 3. The van der Waals surface area contributed by atoms with Gasteiger partial charge in [-0.15, -0.1) is 0 Å². The molecule has 126 valence electrons. The number of rotatable bonds is 3. The van der Waals surface area contributed by atoms with Crippen molar-refractivity contribution >= 4 is 17.3 Å². The zero-order valence-corrected chi connectivity index (χ0v) is 13.1. The first-order valence-electron chi connectivity index (χ1n) is 8.13. The van der Waals surface area contributed by atoms with Crippen LogP contribution in [0.15, 0.2) is 18.2 Å². The monoisotopic (exact) mass is 326 g/mol. The van der Waals surface area contributed by atoms with E-state index in [4.69, 9.17) is 0 Å². The summed E-state index contributed by atoms with van der Waals surface area (Å²) in [5.74, 6) is 0.0769. The molecule has 1 N–H and O–H groups in total. The molecule has 1 saturated heterocycles. The molecular formula is C17H21F3N2O. The molecule has 0 aromatic heterocycles. The van der Waals surface area contributed by atoms with Gasteiger partial charge >= 0.3 is 6.18 Å². The van der Waals surface area contributed by atoms with Crippen LogP contribution < -0.4 is 10.2 Å². The highest BCUT2D eigenvalue weighted by Gasteiger charge is 2.39. The van der Waals surface area contributed by atoms with E-state index in [1.165, 1.54) is 6.07 Å². The first kappa shape index (κ1) is 16.1. The van der Waals surface area contributed by atoms with Gasteiger partial charge in [0.15, 0.2) is 0 Å². The van der Waals surface area contributed by atoms with Gasteiger partial charge in [-0.1, -0.05) is 6.92 Å². The van der Waals surface area contributed by atoms with Gasteiger partial charge in [-0.05, 0) is 49.8 Å². The van der Waals surface area contributed by atoms with E-state index < -0.39 is 11.7 Å². The van der Waals surface area contributed by atoms with Crippen molar-refractivity contribution in [1.82, 2.24) is 0 Å². The summed E-state index contributed by atoms with van der Waals surface area (Å²) >= 11 is 0. The minimum absolute atomic E-state index is 0.0706. The fourth-order valence-corrected chi connectivity index (χ4v) is 3.14. The third-order valence-electron chi connectivity index (χ3n) is 4.72. The maximum absolute atomic E-state index is 13.0. The summed E-state index contributed by atoms with van der Waals surface area (Å²) in [5.41, 5.74) is 0.252. The number of benzene rings is 1. The van der Waals surface area contributed by atoms with Crippen molar-refractivity contribution < 1.29 is 18.0 Å². The molecule has 3 nitrogen and oxygen atoms in total. The molecule has 2 atom stereocenters. The Bertz CT molecular complexity index is 594. The van der Waals surface area contributed by atoms with Crippen LogP contribution in [0.2, 0.25) is 0 Å². The zero-order chi connectivity index (χ0) is 16.6. The van der Waals surface area contributed by atoms with Crippen LogP contribution in [0.25, 0.3) is 0 Å². The van der Waals surface area contributed by atoms with Crippen molar-refractivity contribution in [2.24, 2.45) is 11.8 Å². The highest BCUT2D eigenvalue weighted by molar-refractivity contribution is 5.97. The van der Waals surface area contributed by atoms with E-state index in [1.807, 2.05) is 6.92 Å². The maximum Gasteiger partial charge on any atom is 0.416 e. The van der Waals surface area contributed by atoms with Crippen LogP contribution in [0.1, 0.15) is 38.2 Å². The van der Waals surface area contributed by atoms with Crippen LogP contribution >= 0.6 is 0 Å². The maximum atomic E-state index is 13.0. The molecule has 1 aromatic rings. The Balaban J connectivity index is 1.89. The standard InChI is InChI=1S/C17H21F3N2O/c1-11-9-13(11)16(23)21-14-10-12(17(18,19)20)5-6-15(14)22-7-3-2-4-8-22/h5-6,10-11,13H,2-4,7-9H2,1H3,(H,21,23). The predicted octanol–water partition coefficient (Wildman–Crippen LogP) is 4.29. The summed E-state index contributed by atoms with van der Waals surface area (Å²) in [5, 5.41) is 2.73. The second-order valence-corrected chi connectivity index (χ2v) is 6.59. The highest BCUT2D eigenvalue weighted by Crippen LogP contribution is 2.40. The molecule has 1 aliphatic carbocycles. The van der Waals surface area contributed by atoms with E-state index in [0.717, 1.165) is 50.9 Å². The lowest BCUT2D eigenvalue weighted by atomic mass is 10.1. The number of amides is 1. The Morgan fingerprint density at radius 1 is 1.22 bits per heavy atom. The number of piperidine rings is 1. The van der Waals surface area contributed by atoms with Gasteiger partial charge in [-0.2, -0.15) is 13.2 Å². The van der Waals surface area contributed by atoms with Crippen molar-refractivity contribution in [3.63, 3.8) is 0 Å². The Kier molecular flexibility index (Phi) is 4.25. The minimum Gasteiger partial charge on any atom is -0.370 e. The molecule has 3 rings (SSSR count). The Labute approximate surface area is 133 Å². The molecule has 1 amide bonds. The lowest BCUT2D eigenvalue weighted by Crippen LogP contribution is -2.30. The lowest BCUT2D eigenvalue weighted by Gasteiger charge is -2.31. The first-order valence-corrected chi connectivity index (χ1v) is 8.13. The summed E-state index contributed by atoms with van der Waals surface area (Å²) < 4.78 is 39.0. The van der Waals surface area contributed by atoms with Crippen molar-refractivity contribution in [1.29, 1.82) is 0 Å². The van der Waals surface area contributed by atoms with Crippen LogP contribution in [0.4, 0.5) is 24.5 Å². The van der Waals surface area contributed by atoms with Crippen molar-refractivity contribution in [2.45, 2.75) is 38.8 Å². The zero-order valence-electron chi connectivity index (χ0n) is 13.1. The number of hydrogen-bond acceptors (Lipinski definition) is 2. The minimum atomic E-state index is -4.41. The Morgan fingerprint density at radius 2 is 1.87 bits per heavy atom. The molecule has 2 fully saturated rings. The van der Waals surface area contributed by atoms with Crippen molar-refractivity contribution in [2.75, 3.05) is 23.3 Å². The second-order valence-electron chi connectivity index (χ2n) is 6.59. The molecule has 0 spiro atoms. The van der Waals surface area contributed by atoms with Crippen LogP contribution in [-0.2, 0) is 11.0 Å². The molecule has 1 aromatic carbocycles. The molecule has 6 heteroatoms. The topological polar surface area (TPSA) is 32.3 Å². The lowest BCUT2D eigenvalue weighted by molar-refractivity contribution is -0.137. The molecule has 23 heavy (non-hydrogen) atoms. The summed E-state index contributed by atoms with van der Waals surface area (Å²) in [7, 11) is 0. The van der Waals surface area contributed by atoms with Crippen molar-refractivity contribution in [3.8, 4) is 0 Å². The van der Waals surface area contributed by atoms with E-state index in [0.29, 0.717) is 11.6 Å². The Hall–Kier alpha value is -1.72. The van der Waals surface area contributed by atoms with E-state index >= 15 is 0 Å². The number of halogens is 3. The second kappa shape index (κ2) is 6.06. The van der Waals surface area contributed by atoms with Gasteiger partial charge in [0.1, 0.15) is 0 Å². The molecule has 0 radical (unpaired) electrons. The molecule has 2 unspecified atom stereocenters.